The van der Waals surface area contributed by atoms with Gasteiger partial charge in [-0.05, 0) is 0 Å². The second-order valence-corrected chi connectivity index (χ2v) is 3.35. The van der Waals surface area contributed by atoms with Crippen LogP contribution in [0.2, 0.25) is 0 Å². The molecular formula is C5H12N3O2S-. The molecule has 0 saturated carbocycles. The maximum atomic E-state index is 10.5. The fourth-order valence-electron chi connectivity index (χ4n) is 1.03. The van der Waals surface area contributed by atoms with Crippen LogP contribution in [-0.4, -0.2) is 51.4 Å². The first kappa shape index (κ1) is 9.08. The zero-order chi connectivity index (χ0) is 8.27. The molecule has 0 aliphatic carbocycles. The molecule has 1 unspecified atom stereocenters. The molecule has 0 aromatic rings. The predicted octanol–water partition coefficient (Wildman–Crippen LogP) is -1.47. The monoisotopic (exact) mass is 178 g/mol. The summed E-state index contributed by atoms with van der Waals surface area (Å²) in [5.41, 5.74) is 0. The van der Waals surface area contributed by atoms with Crippen LogP contribution in [0.5, 0.6) is 0 Å². The van der Waals surface area contributed by atoms with Crippen molar-refractivity contribution in [3.8, 4) is 0 Å². The third-order valence-electron chi connectivity index (χ3n) is 1.71. The van der Waals surface area contributed by atoms with E-state index in [0.717, 1.165) is 26.2 Å². The fourth-order valence-corrected chi connectivity index (χ4v) is 1.38. The van der Waals surface area contributed by atoms with Gasteiger partial charge in [0.15, 0.2) is 0 Å². The summed E-state index contributed by atoms with van der Waals surface area (Å²) >= 11 is -2.13. The first-order valence-electron chi connectivity index (χ1n) is 3.50. The molecule has 1 heterocycles. The van der Waals surface area contributed by atoms with Gasteiger partial charge in [0, 0.05) is 44.5 Å². The van der Waals surface area contributed by atoms with E-state index in [1.165, 1.54) is 4.41 Å². The second kappa shape index (κ2) is 4.13. The predicted molar refractivity (Wildman–Crippen MR) is 41.1 cm³/mol. The summed E-state index contributed by atoms with van der Waals surface area (Å²) in [6, 6.07) is 0. The summed E-state index contributed by atoms with van der Waals surface area (Å²) in [7, 11) is 1.55. The van der Waals surface area contributed by atoms with Crippen molar-refractivity contribution in [3.05, 3.63) is 0 Å². The van der Waals surface area contributed by atoms with Gasteiger partial charge in [-0.1, -0.05) is 0 Å². The third-order valence-corrected chi connectivity index (χ3v) is 2.37. The van der Waals surface area contributed by atoms with Crippen molar-refractivity contribution in [2.75, 3.05) is 33.2 Å². The van der Waals surface area contributed by atoms with Gasteiger partial charge >= 0.3 is 0 Å². The van der Waals surface area contributed by atoms with Crippen LogP contribution >= 0.6 is 0 Å². The molecule has 0 spiro atoms. The van der Waals surface area contributed by atoms with Crippen LogP contribution in [0.1, 0.15) is 0 Å². The molecule has 0 radical (unpaired) electrons. The first-order valence-corrected chi connectivity index (χ1v) is 4.53. The molecule has 6 heteroatoms. The Morgan fingerprint density at radius 2 is 2.09 bits per heavy atom. The zero-order valence-corrected chi connectivity index (χ0v) is 7.26. The number of piperazine rings is 1. The molecule has 1 N–H and O–H groups in total. The largest absolute Gasteiger partial charge is 0.759 e. The standard InChI is InChI=1S/C5H13N3O2S/c1-7(11(9)10)8-4-2-6-3-5-8/h6H,2-5H2,1H3,(H,9,10)/p-1. The van der Waals surface area contributed by atoms with E-state index in [0.29, 0.717) is 0 Å². The van der Waals surface area contributed by atoms with Gasteiger partial charge in [0.05, 0.1) is 0 Å². The van der Waals surface area contributed by atoms with Crippen LogP contribution in [0.15, 0.2) is 0 Å². The molecule has 0 aromatic carbocycles. The Morgan fingerprint density at radius 1 is 1.55 bits per heavy atom. The number of rotatable bonds is 2. The Bertz CT molecular complexity index is 149. The molecule has 0 aromatic heterocycles. The van der Waals surface area contributed by atoms with E-state index in [1.807, 2.05) is 0 Å². The van der Waals surface area contributed by atoms with Crippen molar-refractivity contribution in [1.29, 1.82) is 0 Å². The Hall–Kier alpha value is -0.0100. The summed E-state index contributed by atoms with van der Waals surface area (Å²) in [4.78, 5) is 0. The topological polar surface area (TPSA) is 58.6 Å². The minimum Gasteiger partial charge on any atom is -0.759 e. The van der Waals surface area contributed by atoms with Gasteiger partial charge in [0.2, 0.25) is 0 Å². The molecule has 11 heavy (non-hydrogen) atoms. The van der Waals surface area contributed by atoms with Crippen LogP contribution in [-0.2, 0) is 11.3 Å². The van der Waals surface area contributed by atoms with Crippen molar-refractivity contribution in [1.82, 2.24) is 14.7 Å². The Kier molecular flexibility index (Phi) is 3.41. The van der Waals surface area contributed by atoms with E-state index in [2.05, 4.69) is 5.32 Å². The Balaban J connectivity index is 2.38. The molecule has 0 bridgehead atoms. The molecule has 1 aliphatic heterocycles. The highest BCUT2D eigenvalue weighted by molar-refractivity contribution is 7.76. The molecule has 1 aliphatic rings. The lowest BCUT2D eigenvalue weighted by molar-refractivity contribution is 0.0664. The van der Waals surface area contributed by atoms with Crippen molar-refractivity contribution in [2.45, 2.75) is 0 Å². The van der Waals surface area contributed by atoms with Crippen LogP contribution in [0.3, 0.4) is 0 Å². The summed E-state index contributed by atoms with van der Waals surface area (Å²) in [6.45, 7) is 3.21. The van der Waals surface area contributed by atoms with E-state index in [4.69, 9.17) is 0 Å². The van der Waals surface area contributed by atoms with Crippen molar-refractivity contribution in [3.63, 3.8) is 0 Å². The van der Waals surface area contributed by atoms with Crippen LogP contribution in [0.4, 0.5) is 0 Å². The maximum absolute atomic E-state index is 10.5. The lowest BCUT2D eigenvalue weighted by Gasteiger charge is -2.35. The summed E-state index contributed by atoms with van der Waals surface area (Å²) < 4.78 is 22.2. The van der Waals surface area contributed by atoms with E-state index >= 15 is 0 Å². The van der Waals surface area contributed by atoms with Gasteiger partial charge in [-0.25, -0.2) is 5.01 Å². The average Bonchev–Trinajstić information content (AvgIpc) is 2.05. The minimum atomic E-state index is -2.13. The molecule has 1 fully saturated rings. The van der Waals surface area contributed by atoms with Crippen molar-refractivity contribution >= 4 is 11.3 Å². The number of hydrogen-bond donors (Lipinski definition) is 1. The van der Waals surface area contributed by atoms with E-state index < -0.39 is 11.3 Å². The first-order chi connectivity index (χ1) is 5.22. The SMILES string of the molecule is CN(N1CCNCC1)S(=O)[O-]. The quantitative estimate of drug-likeness (QED) is 0.525. The number of nitrogens with one attached hydrogen (secondary N) is 1. The number of nitrogens with zero attached hydrogens (tertiary/aromatic N) is 2. The lowest BCUT2D eigenvalue weighted by atomic mass is 10.4. The summed E-state index contributed by atoms with van der Waals surface area (Å²) in [5.74, 6) is 0. The van der Waals surface area contributed by atoms with Gasteiger partial charge in [-0.2, -0.15) is 4.41 Å². The zero-order valence-electron chi connectivity index (χ0n) is 6.45. The van der Waals surface area contributed by atoms with Gasteiger partial charge in [-0.15, -0.1) is 0 Å². The number of hydrazine groups is 1. The van der Waals surface area contributed by atoms with Gasteiger partial charge in [0.25, 0.3) is 0 Å². The Labute approximate surface area is 68.7 Å². The third kappa shape index (κ3) is 2.49. The van der Waals surface area contributed by atoms with Crippen LogP contribution in [0, 0.1) is 0 Å². The average molecular weight is 178 g/mol. The second-order valence-electron chi connectivity index (χ2n) is 2.38. The molecule has 0 amide bonds. The highest BCUT2D eigenvalue weighted by atomic mass is 32.2. The highest BCUT2D eigenvalue weighted by Gasteiger charge is 2.13. The molecule has 66 valence electrons. The smallest absolute Gasteiger partial charge is 0.0352 e. The Morgan fingerprint density at radius 3 is 2.55 bits per heavy atom. The molecule has 5 nitrogen and oxygen atoms in total. The minimum absolute atomic E-state index is 0.754. The van der Waals surface area contributed by atoms with Crippen LogP contribution < -0.4 is 5.32 Å². The van der Waals surface area contributed by atoms with Crippen molar-refractivity contribution < 1.29 is 8.76 Å². The molecule has 1 atom stereocenters. The molecule has 1 rings (SSSR count). The van der Waals surface area contributed by atoms with Crippen LogP contribution in [0.25, 0.3) is 0 Å². The molecular weight excluding hydrogens is 166 g/mol. The lowest BCUT2D eigenvalue weighted by Crippen LogP contribution is -2.51. The highest BCUT2D eigenvalue weighted by Crippen LogP contribution is 1.98. The summed E-state index contributed by atoms with van der Waals surface area (Å²) in [5, 5.41) is 4.93. The maximum Gasteiger partial charge on any atom is 0.0352 e. The van der Waals surface area contributed by atoms with E-state index in [1.54, 1.807) is 12.1 Å². The van der Waals surface area contributed by atoms with Gasteiger partial charge in [0.1, 0.15) is 0 Å². The fraction of sp³-hybridized carbons (Fsp3) is 1.00. The van der Waals surface area contributed by atoms with Gasteiger partial charge < -0.3 is 9.87 Å². The van der Waals surface area contributed by atoms with E-state index in [9.17, 15) is 8.76 Å². The molecule has 1 saturated heterocycles. The summed E-state index contributed by atoms with van der Waals surface area (Å²) in [6.07, 6.45) is 0. The normalized spacial score (nSPS) is 23.9. The van der Waals surface area contributed by atoms with Crippen molar-refractivity contribution in [2.24, 2.45) is 0 Å². The van der Waals surface area contributed by atoms with Gasteiger partial charge in [-0.3, -0.25) is 4.21 Å². The van der Waals surface area contributed by atoms with E-state index in [-0.39, 0.29) is 0 Å². The number of hydrogen-bond acceptors (Lipinski definition) is 4.